The molecule has 4 amide bonds. The SMILES string of the molecule is O=C1NC(=O)C2(CC(C(=O)N[C@H](c3c(F)ccc(Cl)c3Cl)C3CCCC3)C2)N1. The van der Waals surface area contributed by atoms with Crippen molar-refractivity contribution in [1.82, 2.24) is 16.0 Å². The lowest BCUT2D eigenvalue weighted by Gasteiger charge is -2.42. The number of benzene rings is 1. The molecule has 1 heterocycles. The summed E-state index contributed by atoms with van der Waals surface area (Å²) in [6.07, 6.45) is 4.19. The molecule has 2 saturated carbocycles. The van der Waals surface area contributed by atoms with E-state index in [4.69, 9.17) is 23.2 Å². The molecule has 1 aromatic rings. The average Bonchev–Trinajstić information content (AvgIpc) is 3.23. The molecule has 9 heteroatoms. The normalized spacial score (nSPS) is 28.0. The van der Waals surface area contributed by atoms with Gasteiger partial charge in [0, 0.05) is 11.5 Å². The van der Waals surface area contributed by atoms with Crippen LogP contribution in [-0.2, 0) is 9.59 Å². The van der Waals surface area contributed by atoms with Gasteiger partial charge in [0.2, 0.25) is 5.91 Å². The van der Waals surface area contributed by atoms with Crippen molar-refractivity contribution in [3.63, 3.8) is 0 Å². The number of hydrogen-bond acceptors (Lipinski definition) is 3. The molecule has 1 atom stereocenters. The number of hydrogen-bond donors (Lipinski definition) is 3. The molecule has 1 spiro atoms. The predicted molar refractivity (Wildman–Crippen MR) is 101 cm³/mol. The van der Waals surface area contributed by atoms with Gasteiger partial charge in [-0.3, -0.25) is 14.9 Å². The van der Waals surface area contributed by atoms with Crippen LogP contribution in [0.15, 0.2) is 12.1 Å². The average molecular weight is 428 g/mol. The van der Waals surface area contributed by atoms with Crippen LogP contribution in [0.3, 0.4) is 0 Å². The number of carbonyl (C=O) groups excluding carboxylic acids is 3. The summed E-state index contributed by atoms with van der Waals surface area (Å²) in [5, 5.41) is 8.10. The first-order valence-electron chi connectivity index (χ1n) is 9.38. The van der Waals surface area contributed by atoms with Crippen molar-refractivity contribution in [2.75, 3.05) is 0 Å². The summed E-state index contributed by atoms with van der Waals surface area (Å²) in [7, 11) is 0. The summed E-state index contributed by atoms with van der Waals surface area (Å²) in [5.74, 6) is -1.55. The molecule has 4 rings (SSSR count). The molecule has 2 aliphatic carbocycles. The molecule has 150 valence electrons. The minimum atomic E-state index is -0.999. The first kappa shape index (κ1) is 19.5. The van der Waals surface area contributed by atoms with E-state index in [2.05, 4.69) is 16.0 Å². The molecule has 6 nitrogen and oxygen atoms in total. The lowest BCUT2D eigenvalue weighted by molar-refractivity contribution is -0.137. The third-order valence-electron chi connectivity index (χ3n) is 6.13. The Morgan fingerprint density at radius 3 is 2.50 bits per heavy atom. The van der Waals surface area contributed by atoms with Crippen LogP contribution < -0.4 is 16.0 Å². The Morgan fingerprint density at radius 1 is 1.21 bits per heavy atom. The quantitative estimate of drug-likeness (QED) is 0.507. The van der Waals surface area contributed by atoms with E-state index < -0.39 is 35.3 Å². The van der Waals surface area contributed by atoms with Gasteiger partial charge < -0.3 is 10.6 Å². The van der Waals surface area contributed by atoms with Crippen LogP contribution in [0.1, 0.15) is 50.1 Å². The van der Waals surface area contributed by atoms with Crippen molar-refractivity contribution in [1.29, 1.82) is 0 Å². The van der Waals surface area contributed by atoms with E-state index >= 15 is 0 Å². The summed E-state index contributed by atoms with van der Waals surface area (Å²) in [4.78, 5) is 36.1. The lowest BCUT2D eigenvalue weighted by Crippen LogP contribution is -2.60. The minimum absolute atomic E-state index is 0.0675. The Labute approximate surface area is 171 Å². The first-order chi connectivity index (χ1) is 13.3. The number of urea groups is 1. The molecule has 28 heavy (non-hydrogen) atoms. The van der Waals surface area contributed by atoms with Crippen LogP contribution in [0.5, 0.6) is 0 Å². The standard InChI is InChI=1S/C19H20Cl2FN3O3/c20-11-5-6-12(22)13(14(11)21)15(9-3-1-2-4-9)23-16(26)10-7-19(8-10)17(27)24-18(28)25-19/h5-6,9-10,15H,1-4,7-8H2,(H,23,26)(H2,24,25,27,28)/t10?,15-,19?/m0/s1. The fourth-order valence-electron chi connectivity index (χ4n) is 4.60. The van der Waals surface area contributed by atoms with E-state index in [0.29, 0.717) is 0 Å². The Bertz CT molecular complexity index is 851. The maximum atomic E-state index is 14.6. The number of carbonyl (C=O) groups is 3. The molecular formula is C19H20Cl2FN3O3. The first-order valence-corrected chi connectivity index (χ1v) is 10.1. The highest BCUT2D eigenvalue weighted by atomic mass is 35.5. The van der Waals surface area contributed by atoms with Crippen molar-refractivity contribution in [3.8, 4) is 0 Å². The minimum Gasteiger partial charge on any atom is -0.349 e. The van der Waals surface area contributed by atoms with Crippen molar-refractivity contribution >= 4 is 41.0 Å². The fraction of sp³-hybridized carbons (Fsp3) is 0.526. The van der Waals surface area contributed by atoms with Gasteiger partial charge in [-0.2, -0.15) is 0 Å². The van der Waals surface area contributed by atoms with E-state index in [1.54, 1.807) is 0 Å². The Kier molecular flexibility index (Phi) is 5.00. The summed E-state index contributed by atoms with van der Waals surface area (Å²) in [5.41, 5.74) is -0.781. The highest BCUT2D eigenvalue weighted by Gasteiger charge is 2.57. The van der Waals surface area contributed by atoms with Gasteiger partial charge in [0.15, 0.2) is 0 Å². The second-order valence-corrected chi connectivity index (χ2v) is 8.67. The summed E-state index contributed by atoms with van der Waals surface area (Å²) in [6, 6.07) is 1.53. The molecular weight excluding hydrogens is 408 g/mol. The van der Waals surface area contributed by atoms with Crippen molar-refractivity contribution in [3.05, 3.63) is 33.6 Å². The molecule has 0 bridgehead atoms. The second kappa shape index (κ2) is 7.19. The van der Waals surface area contributed by atoms with E-state index in [0.717, 1.165) is 25.7 Å². The van der Waals surface area contributed by atoms with E-state index in [1.165, 1.54) is 12.1 Å². The van der Waals surface area contributed by atoms with Crippen LogP contribution in [0.2, 0.25) is 10.0 Å². The van der Waals surface area contributed by atoms with Crippen LogP contribution in [0.4, 0.5) is 9.18 Å². The number of amides is 4. The third-order valence-corrected chi connectivity index (χ3v) is 6.95. The van der Waals surface area contributed by atoms with Crippen LogP contribution >= 0.6 is 23.2 Å². The van der Waals surface area contributed by atoms with Crippen LogP contribution in [0.25, 0.3) is 0 Å². The molecule has 1 aromatic carbocycles. The lowest BCUT2D eigenvalue weighted by atomic mass is 9.67. The molecule has 0 aromatic heterocycles. The fourth-order valence-corrected chi connectivity index (χ4v) is 5.03. The third kappa shape index (κ3) is 3.24. The number of nitrogens with one attached hydrogen (secondary N) is 3. The second-order valence-electron chi connectivity index (χ2n) is 7.88. The molecule has 1 saturated heterocycles. The monoisotopic (exact) mass is 427 g/mol. The van der Waals surface area contributed by atoms with E-state index in [9.17, 15) is 18.8 Å². The number of halogens is 3. The molecule has 3 fully saturated rings. The van der Waals surface area contributed by atoms with Crippen LogP contribution in [-0.4, -0.2) is 23.4 Å². The zero-order valence-electron chi connectivity index (χ0n) is 15.0. The van der Waals surface area contributed by atoms with E-state index in [1.807, 2.05) is 0 Å². The largest absolute Gasteiger partial charge is 0.349 e. The van der Waals surface area contributed by atoms with Gasteiger partial charge in [-0.25, -0.2) is 9.18 Å². The van der Waals surface area contributed by atoms with Gasteiger partial charge in [0.25, 0.3) is 5.91 Å². The maximum absolute atomic E-state index is 14.6. The molecule has 3 N–H and O–H groups in total. The van der Waals surface area contributed by atoms with Crippen molar-refractivity contribution in [2.24, 2.45) is 11.8 Å². The Hall–Kier alpha value is -1.86. The zero-order valence-corrected chi connectivity index (χ0v) is 16.5. The van der Waals surface area contributed by atoms with Gasteiger partial charge in [-0.1, -0.05) is 36.0 Å². The molecule has 0 unspecified atom stereocenters. The van der Waals surface area contributed by atoms with Gasteiger partial charge in [-0.05, 0) is 43.7 Å². The highest BCUT2D eigenvalue weighted by Crippen LogP contribution is 2.44. The van der Waals surface area contributed by atoms with Crippen molar-refractivity contribution < 1.29 is 18.8 Å². The van der Waals surface area contributed by atoms with Gasteiger partial charge in [0.05, 0.1) is 16.1 Å². The zero-order chi connectivity index (χ0) is 20.1. The smallest absolute Gasteiger partial charge is 0.322 e. The molecule has 3 aliphatic rings. The van der Waals surface area contributed by atoms with E-state index in [-0.39, 0.29) is 40.3 Å². The highest BCUT2D eigenvalue weighted by molar-refractivity contribution is 6.42. The summed E-state index contributed by atoms with van der Waals surface area (Å²) >= 11 is 12.4. The Morgan fingerprint density at radius 2 is 1.89 bits per heavy atom. The number of rotatable bonds is 4. The topological polar surface area (TPSA) is 87.3 Å². The van der Waals surface area contributed by atoms with Crippen LogP contribution in [0, 0.1) is 17.7 Å². The van der Waals surface area contributed by atoms with Crippen molar-refractivity contribution in [2.45, 2.75) is 50.1 Å². The summed E-state index contributed by atoms with van der Waals surface area (Å²) in [6.45, 7) is 0. The molecule has 1 aliphatic heterocycles. The summed E-state index contributed by atoms with van der Waals surface area (Å²) < 4.78 is 14.6. The molecule has 0 radical (unpaired) electrons. The predicted octanol–water partition coefficient (Wildman–Crippen LogP) is 3.47. The van der Waals surface area contributed by atoms with Gasteiger partial charge in [-0.15, -0.1) is 0 Å². The maximum Gasteiger partial charge on any atom is 0.322 e. The number of imide groups is 1. The Balaban J connectivity index is 1.53. The van der Waals surface area contributed by atoms with Gasteiger partial charge in [0.1, 0.15) is 11.4 Å². The van der Waals surface area contributed by atoms with Gasteiger partial charge >= 0.3 is 6.03 Å².